The van der Waals surface area contributed by atoms with Gasteiger partial charge in [0.25, 0.3) is 0 Å². The Kier molecular flexibility index (Phi) is 6.75. The molecule has 0 radical (unpaired) electrons. The Morgan fingerprint density at radius 3 is 2.46 bits per heavy atom. The number of primary amides is 1. The Bertz CT molecular complexity index is 549. The summed E-state index contributed by atoms with van der Waals surface area (Å²) < 4.78 is 0. The second kappa shape index (κ2) is 8.80. The summed E-state index contributed by atoms with van der Waals surface area (Å²) in [6, 6.07) is 10.1. The molecule has 0 bridgehead atoms. The lowest BCUT2D eigenvalue weighted by Gasteiger charge is -2.27. The van der Waals surface area contributed by atoms with Gasteiger partial charge in [0.2, 0.25) is 11.8 Å². The largest absolute Gasteiger partial charge is 0.370 e. The number of hydrogen-bond acceptors (Lipinski definition) is 4. The fraction of sp³-hybridized carbons (Fsp3) is 0.556. The minimum absolute atomic E-state index is 0.0307. The number of nitrogens with two attached hydrogens (primary N) is 1. The maximum Gasteiger partial charge on any atom is 0.241 e. The van der Waals surface area contributed by atoms with Crippen molar-refractivity contribution in [3.05, 3.63) is 35.9 Å². The molecular weight excluding hydrogens is 304 g/mol. The van der Waals surface area contributed by atoms with Crippen LogP contribution < -0.4 is 16.6 Å². The van der Waals surface area contributed by atoms with Crippen LogP contribution in [0.3, 0.4) is 0 Å². The van der Waals surface area contributed by atoms with Gasteiger partial charge in [-0.2, -0.15) is 0 Å². The summed E-state index contributed by atoms with van der Waals surface area (Å²) >= 11 is 0. The highest BCUT2D eigenvalue weighted by Gasteiger charge is 2.37. The van der Waals surface area contributed by atoms with E-state index in [2.05, 4.69) is 24.7 Å². The first-order valence-corrected chi connectivity index (χ1v) is 8.65. The fourth-order valence-electron chi connectivity index (χ4n) is 3.14. The Hall–Kier alpha value is -1.92. The van der Waals surface area contributed by atoms with Gasteiger partial charge in [-0.25, -0.2) is 5.43 Å². The van der Waals surface area contributed by atoms with Crippen LogP contribution in [0.15, 0.2) is 30.3 Å². The van der Waals surface area contributed by atoms with Crippen LogP contribution in [0, 0.1) is 5.92 Å². The highest BCUT2D eigenvalue weighted by atomic mass is 16.2. The van der Waals surface area contributed by atoms with Crippen molar-refractivity contribution < 1.29 is 9.59 Å². The zero-order valence-corrected chi connectivity index (χ0v) is 14.5. The molecule has 0 aliphatic carbocycles. The van der Waals surface area contributed by atoms with Crippen LogP contribution in [-0.4, -0.2) is 41.9 Å². The van der Waals surface area contributed by atoms with Crippen LogP contribution in [0.2, 0.25) is 0 Å². The van der Waals surface area contributed by atoms with Gasteiger partial charge in [-0.05, 0) is 24.3 Å². The van der Waals surface area contributed by atoms with E-state index in [1.165, 1.54) is 5.56 Å². The lowest BCUT2D eigenvalue weighted by Crippen LogP contribution is -2.48. The molecule has 0 aromatic heterocycles. The monoisotopic (exact) mass is 332 g/mol. The van der Waals surface area contributed by atoms with Crippen molar-refractivity contribution in [2.45, 2.75) is 45.2 Å². The topological polar surface area (TPSA) is 87.5 Å². The van der Waals surface area contributed by atoms with Crippen molar-refractivity contribution in [1.29, 1.82) is 0 Å². The third-order valence-corrected chi connectivity index (χ3v) is 4.74. The van der Waals surface area contributed by atoms with E-state index in [0.717, 1.165) is 12.8 Å². The number of hydrazine groups is 1. The molecule has 1 aliphatic rings. The fourth-order valence-corrected chi connectivity index (χ4v) is 3.14. The number of benzene rings is 1. The molecule has 1 aliphatic heterocycles. The Balaban J connectivity index is 2.01. The lowest BCUT2D eigenvalue weighted by molar-refractivity contribution is -0.134. The summed E-state index contributed by atoms with van der Waals surface area (Å²) in [5, 5.41) is 0. The molecule has 4 N–H and O–H groups in total. The average Bonchev–Trinajstić information content (AvgIpc) is 2.95. The first-order chi connectivity index (χ1) is 11.5. The van der Waals surface area contributed by atoms with Gasteiger partial charge in [-0.1, -0.05) is 44.2 Å². The first-order valence-electron chi connectivity index (χ1n) is 8.65. The SMILES string of the molecule is CCC1NNC(C(=O)N(CCC(N)=O)CCc2ccccc2)C1C. The van der Waals surface area contributed by atoms with Crippen LogP contribution in [0.4, 0.5) is 0 Å². The van der Waals surface area contributed by atoms with E-state index in [-0.39, 0.29) is 36.2 Å². The van der Waals surface area contributed by atoms with Crippen molar-refractivity contribution in [2.24, 2.45) is 11.7 Å². The van der Waals surface area contributed by atoms with Crippen molar-refractivity contribution in [3.8, 4) is 0 Å². The van der Waals surface area contributed by atoms with Crippen LogP contribution in [0.5, 0.6) is 0 Å². The molecule has 2 rings (SSSR count). The minimum Gasteiger partial charge on any atom is -0.370 e. The number of carbonyl (C=O) groups is 2. The van der Waals surface area contributed by atoms with E-state index >= 15 is 0 Å². The second-order valence-electron chi connectivity index (χ2n) is 6.42. The predicted octanol–water partition coefficient (Wildman–Crippen LogP) is 0.824. The number of rotatable bonds is 8. The molecule has 1 aromatic rings. The van der Waals surface area contributed by atoms with Crippen molar-refractivity contribution in [1.82, 2.24) is 15.8 Å². The summed E-state index contributed by atoms with van der Waals surface area (Å²) in [6.45, 7) is 5.12. The second-order valence-corrected chi connectivity index (χ2v) is 6.42. The highest BCUT2D eigenvalue weighted by Crippen LogP contribution is 2.19. The van der Waals surface area contributed by atoms with Gasteiger partial charge in [0.15, 0.2) is 0 Å². The summed E-state index contributed by atoms with van der Waals surface area (Å²) in [5.41, 5.74) is 12.7. The summed E-state index contributed by atoms with van der Waals surface area (Å²) in [7, 11) is 0. The molecule has 2 amide bonds. The molecule has 1 aromatic carbocycles. The van der Waals surface area contributed by atoms with Crippen LogP contribution in [0.25, 0.3) is 0 Å². The molecule has 0 saturated carbocycles. The Morgan fingerprint density at radius 2 is 1.88 bits per heavy atom. The molecule has 24 heavy (non-hydrogen) atoms. The number of carbonyl (C=O) groups excluding carboxylic acids is 2. The third-order valence-electron chi connectivity index (χ3n) is 4.74. The Morgan fingerprint density at radius 1 is 1.17 bits per heavy atom. The molecule has 1 heterocycles. The van der Waals surface area contributed by atoms with Gasteiger partial charge < -0.3 is 10.6 Å². The van der Waals surface area contributed by atoms with E-state index in [1.54, 1.807) is 4.90 Å². The maximum absolute atomic E-state index is 12.9. The van der Waals surface area contributed by atoms with E-state index < -0.39 is 0 Å². The molecular formula is C18H28N4O2. The van der Waals surface area contributed by atoms with E-state index in [4.69, 9.17) is 5.73 Å². The maximum atomic E-state index is 12.9. The number of nitrogens with zero attached hydrogens (tertiary/aromatic N) is 1. The zero-order chi connectivity index (χ0) is 17.5. The number of hydrogen-bond donors (Lipinski definition) is 3. The normalized spacial score (nSPS) is 23.2. The Labute approximate surface area is 143 Å². The minimum atomic E-state index is -0.385. The molecule has 132 valence electrons. The van der Waals surface area contributed by atoms with Crippen LogP contribution in [-0.2, 0) is 16.0 Å². The van der Waals surface area contributed by atoms with Crippen LogP contribution in [0.1, 0.15) is 32.3 Å². The van der Waals surface area contributed by atoms with Gasteiger partial charge in [0, 0.05) is 25.6 Å². The first kappa shape index (κ1) is 18.4. The van der Waals surface area contributed by atoms with Gasteiger partial charge in [0.1, 0.15) is 6.04 Å². The highest BCUT2D eigenvalue weighted by molar-refractivity contribution is 5.83. The van der Waals surface area contributed by atoms with E-state index in [1.807, 2.05) is 30.3 Å². The molecule has 6 heteroatoms. The quantitative estimate of drug-likeness (QED) is 0.658. The molecule has 1 saturated heterocycles. The summed E-state index contributed by atoms with van der Waals surface area (Å²) in [5.74, 6) is -0.150. The molecule has 6 nitrogen and oxygen atoms in total. The molecule has 1 fully saturated rings. The van der Waals surface area contributed by atoms with Crippen molar-refractivity contribution in [3.63, 3.8) is 0 Å². The third kappa shape index (κ3) is 4.79. The van der Waals surface area contributed by atoms with Gasteiger partial charge >= 0.3 is 0 Å². The standard InChI is InChI=1S/C18H28N4O2/c1-3-15-13(2)17(21-20-15)18(24)22(12-10-16(19)23)11-9-14-7-5-4-6-8-14/h4-8,13,15,17,20-21H,3,9-12H2,1-2H3,(H2,19,23). The van der Waals surface area contributed by atoms with Crippen LogP contribution >= 0.6 is 0 Å². The number of amides is 2. The smallest absolute Gasteiger partial charge is 0.241 e. The predicted molar refractivity (Wildman–Crippen MR) is 93.8 cm³/mol. The molecule has 0 spiro atoms. The molecule has 3 atom stereocenters. The van der Waals surface area contributed by atoms with E-state index in [9.17, 15) is 9.59 Å². The van der Waals surface area contributed by atoms with Crippen molar-refractivity contribution >= 4 is 11.8 Å². The summed E-state index contributed by atoms with van der Waals surface area (Å²) in [4.78, 5) is 25.8. The summed E-state index contributed by atoms with van der Waals surface area (Å²) in [6.07, 6.45) is 1.91. The molecule has 3 unspecified atom stereocenters. The average molecular weight is 332 g/mol. The van der Waals surface area contributed by atoms with E-state index in [0.29, 0.717) is 13.1 Å². The van der Waals surface area contributed by atoms with Gasteiger partial charge in [0.05, 0.1) is 0 Å². The number of nitrogens with one attached hydrogen (secondary N) is 2. The van der Waals surface area contributed by atoms with Gasteiger partial charge in [-0.3, -0.25) is 15.0 Å². The van der Waals surface area contributed by atoms with Crippen molar-refractivity contribution in [2.75, 3.05) is 13.1 Å². The lowest BCUT2D eigenvalue weighted by atomic mass is 9.94. The zero-order valence-electron chi connectivity index (χ0n) is 14.5. The van der Waals surface area contributed by atoms with Gasteiger partial charge in [-0.15, -0.1) is 0 Å².